The number of aromatic nitrogens is 1. The third-order valence-electron chi connectivity index (χ3n) is 23.3. The van der Waals surface area contributed by atoms with E-state index in [0.717, 1.165) is 106 Å². The van der Waals surface area contributed by atoms with E-state index in [0.29, 0.717) is 0 Å². The van der Waals surface area contributed by atoms with Crippen LogP contribution < -0.4 is 26.2 Å². The van der Waals surface area contributed by atoms with E-state index in [1.54, 1.807) is 0 Å². The standard InChI is InChI=1S/C103H84BN3/c1-100(2,3)73-54-52-67(53-55-73)72-58-95-97-96(59-72)107(99-84(70-38-20-12-21-39-70)62-77(102(7,8)9)63-85(99)71-40-22-13-23-41-71)94-65-86-79-46-28-31-49-87(79)103(74-42-24-14-25-43-74,75-44-26-15-27-45-75)88(86)66-90(94)104(97)89-57-56-78(105-91-50-32-29-47-80(91)81-48-30-33-51-92(81)105)64-93(89)106(95)98-82(68-34-16-10-17-35-68)60-76(101(4,5)6)61-83(98)69-36-18-11-19-37-69/h10-66H,1-9H3. The average Bonchev–Trinajstić information content (AvgIpc) is 1.67. The first kappa shape index (κ1) is 65.5. The first-order valence-electron chi connectivity index (χ1n) is 38.0. The van der Waals surface area contributed by atoms with Gasteiger partial charge in [-0.05, 0) is 183 Å². The number of benzene rings is 15. The number of anilines is 6. The number of para-hydroxylation sites is 2. The summed E-state index contributed by atoms with van der Waals surface area (Å²) in [6, 6.07) is 133. The molecule has 0 saturated heterocycles. The summed E-state index contributed by atoms with van der Waals surface area (Å²) in [5.74, 6) is 0. The smallest absolute Gasteiger partial charge is 0.252 e. The lowest BCUT2D eigenvalue weighted by Gasteiger charge is -2.46. The molecule has 0 N–H and O–H groups in total. The topological polar surface area (TPSA) is 11.4 Å². The molecule has 1 aliphatic carbocycles. The summed E-state index contributed by atoms with van der Waals surface area (Å²) in [4.78, 5) is 5.51. The highest BCUT2D eigenvalue weighted by molar-refractivity contribution is 7.00. The van der Waals surface area contributed by atoms with Crippen LogP contribution in [0.1, 0.15) is 101 Å². The highest BCUT2D eigenvalue weighted by atomic mass is 15.2. The van der Waals surface area contributed by atoms with Crippen LogP contribution >= 0.6 is 0 Å². The lowest BCUT2D eigenvalue weighted by molar-refractivity contribution is 0.590. The van der Waals surface area contributed by atoms with Crippen LogP contribution in [0.2, 0.25) is 0 Å². The summed E-state index contributed by atoms with van der Waals surface area (Å²) in [5, 5.41) is 2.45. The van der Waals surface area contributed by atoms with Crippen LogP contribution in [0.4, 0.5) is 34.1 Å². The summed E-state index contributed by atoms with van der Waals surface area (Å²) in [6.07, 6.45) is 0. The second-order valence-electron chi connectivity index (χ2n) is 32.8. The molecule has 3 heterocycles. The van der Waals surface area contributed by atoms with Crippen molar-refractivity contribution >= 4 is 79.0 Å². The van der Waals surface area contributed by atoms with Gasteiger partial charge in [0.15, 0.2) is 0 Å². The molecule has 3 nitrogen and oxygen atoms in total. The minimum atomic E-state index is -0.701. The molecule has 19 rings (SSSR count). The highest BCUT2D eigenvalue weighted by Gasteiger charge is 2.51. The van der Waals surface area contributed by atoms with E-state index in [2.05, 4.69) is 422 Å². The molecule has 16 aromatic rings. The zero-order chi connectivity index (χ0) is 72.7. The Morgan fingerprint density at radius 3 is 1.09 bits per heavy atom. The molecule has 107 heavy (non-hydrogen) atoms. The average molecular weight is 1370 g/mol. The van der Waals surface area contributed by atoms with Crippen molar-refractivity contribution in [1.29, 1.82) is 0 Å². The van der Waals surface area contributed by atoms with Crippen molar-refractivity contribution in [1.82, 2.24) is 4.57 Å². The maximum atomic E-state index is 2.76. The molecular formula is C103H84BN3. The van der Waals surface area contributed by atoms with Crippen molar-refractivity contribution in [3.05, 3.63) is 385 Å². The second kappa shape index (κ2) is 25.0. The van der Waals surface area contributed by atoms with E-state index in [4.69, 9.17) is 0 Å². The maximum Gasteiger partial charge on any atom is 0.252 e. The van der Waals surface area contributed by atoms with Gasteiger partial charge in [0, 0.05) is 61.5 Å². The molecule has 15 aromatic carbocycles. The van der Waals surface area contributed by atoms with Crippen LogP contribution in [0.3, 0.4) is 0 Å². The van der Waals surface area contributed by atoms with Gasteiger partial charge < -0.3 is 14.4 Å². The fourth-order valence-electron chi connectivity index (χ4n) is 18.0. The first-order chi connectivity index (χ1) is 52.0. The predicted octanol–water partition coefficient (Wildman–Crippen LogP) is 25.5. The normalized spacial score (nSPS) is 13.5. The molecule has 0 amide bonds. The molecule has 514 valence electrons. The molecule has 2 aliphatic heterocycles. The Morgan fingerprint density at radius 2 is 0.654 bits per heavy atom. The Balaban J connectivity index is 1.04. The zero-order valence-electron chi connectivity index (χ0n) is 62.3. The van der Waals surface area contributed by atoms with Gasteiger partial charge >= 0.3 is 0 Å². The van der Waals surface area contributed by atoms with E-state index in [1.807, 2.05) is 0 Å². The van der Waals surface area contributed by atoms with E-state index in [-0.39, 0.29) is 23.0 Å². The van der Waals surface area contributed by atoms with Crippen molar-refractivity contribution in [2.75, 3.05) is 9.80 Å². The summed E-state index contributed by atoms with van der Waals surface area (Å²) < 4.78 is 2.52. The molecule has 1 aromatic heterocycles. The third kappa shape index (κ3) is 10.5. The van der Waals surface area contributed by atoms with Crippen LogP contribution in [0, 0.1) is 0 Å². The van der Waals surface area contributed by atoms with Gasteiger partial charge in [0.05, 0.1) is 27.8 Å². The lowest BCUT2D eigenvalue weighted by Crippen LogP contribution is -2.61. The Hall–Kier alpha value is -12.2. The van der Waals surface area contributed by atoms with Crippen LogP contribution in [-0.4, -0.2) is 11.3 Å². The molecule has 0 fully saturated rings. The van der Waals surface area contributed by atoms with Crippen LogP contribution in [0.5, 0.6) is 0 Å². The van der Waals surface area contributed by atoms with Crippen LogP contribution in [0.25, 0.3) is 94.3 Å². The van der Waals surface area contributed by atoms with Gasteiger partial charge in [0.2, 0.25) is 0 Å². The fraction of sp³-hybridized carbons (Fsp3) is 0.126. The van der Waals surface area contributed by atoms with Gasteiger partial charge in [-0.2, -0.15) is 0 Å². The Bertz CT molecular complexity index is 5940. The van der Waals surface area contributed by atoms with Gasteiger partial charge in [0.1, 0.15) is 0 Å². The van der Waals surface area contributed by atoms with Gasteiger partial charge in [-0.3, -0.25) is 0 Å². The summed E-state index contributed by atoms with van der Waals surface area (Å²) in [5.41, 5.74) is 35.5. The molecule has 4 heteroatoms. The molecule has 0 bridgehead atoms. The van der Waals surface area contributed by atoms with E-state index < -0.39 is 5.41 Å². The fourth-order valence-corrected chi connectivity index (χ4v) is 18.0. The van der Waals surface area contributed by atoms with Crippen molar-refractivity contribution in [2.24, 2.45) is 0 Å². The van der Waals surface area contributed by atoms with E-state index >= 15 is 0 Å². The summed E-state index contributed by atoms with van der Waals surface area (Å²) >= 11 is 0. The molecule has 3 aliphatic rings. The van der Waals surface area contributed by atoms with Crippen LogP contribution in [0.15, 0.2) is 346 Å². The minimum absolute atomic E-state index is 0.0675. The second-order valence-corrected chi connectivity index (χ2v) is 32.8. The molecule has 0 spiro atoms. The maximum absolute atomic E-state index is 2.76. The predicted molar refractivity (Wildman–Crippen MR) is 455 cm³/mol. The molecular weight excluding hydrogens is 1290 g/mol. The monoisotopic (exact) mass is 1370 g/mol. The van der Waals surface area contributed by atoms with Crippen molar-refractivity contribution < 1.29 is 0 Å². The Labute approximate surface area is 630 Å². The van der Waals surface area contributed by atoms with E-state index in [1.165, 1.54) is 77.2 Å². The highest BCUT2D eigenvalue weighted by Crippen LogP contribution is 2.60. The van der Waals surface area contributed by atoms with Crippen molar-refractivity contribution in [2.45, 2.75) is 84.0 Å². The van der Waals surface area contributed by atoms with Crippen LogP contribution in [-0.2, 0) is 21.7 Å². The van der Waals surface area contributed by atoms with Gasteiger partial charge in [-0.25, -0.2) is 0 Å². The number of nitrogens with zero attached hydrogens (tertiary/aromatic N) is 3. The SMILES string of the molecule is CC(C)(C)c1ccc(-c2cc3c4c(c2)N(c2c(-c5ccccc5)cc(C(C)(C)C)cc2-c2ccccc2)c2cc5c(cc2B4c2ccc(-n4c6ccccc6c6ccccc64)cc2N3c2c(-c3ccccc3)cc(C(C)(C)C)cc2-c2ccccc2)C(c2ccccc2)(c2ccccc2)c2ccccc2-5)cc1. The minimum Gasteiger partial charge on any atom is -0.310 e. The number of rotatable bonds is 10. The van der Waals surface area contributed by atoms with Crippen molar-refractivity contribution in [3.63, 3.8) is 0 Å². The quantitative estimate of drug-likeness (QED) is 0.126. The van der Waals surface area contributed by atoms with E-state index in [9.17, 15) is 0 Å². The molecule has 0 saturated carbocycles. The Kier molecular flexibility index (Phi) is 15.3. The zero-order valence-corrected chi connectivity index (χ0v) is 62.3. The molecule has 0 unspecified atom stereocenters. The molecule has 0 radical (unpaired) electrons. The summed E-state index contributed by atoms with van der Waals surface area (Å²) in [7, 11) is 0. The number of hydrogen-bond donors (Lipinski definition) is 0. The number of fused-ring (bicyclic) bond motifs is 10. The third-order valence-corrected chi connectivity index (χ3v) is 23.3. The number of hydrogen-bond acceptors (Lipinski definition) is 2. The summed E-state index contributed by atoms with van der Waals surface area (Å²) in [6.45, 7) is 20.8. The largest absolute Gasteiger partial charge is 0.310 e. The Morgan fingerprint density at radius 1 is 0.262 bits per heavy atom. The van der Waals surface area contributed by atoms with Gasteiger partial charge in [-0.1, -0.05) is 341 Å². The van der Waals surface area contributed by atoms with Gasteiger partial charge in [0.25, 0.3) is 6.71 Å². The van der Waals surface area contributed by atoms with Crippen molar-refractivity contribution in [3.8, 4) is 72.4 Å². The van der Waals surface area contributed by atoms with Gasteiger partial charge in [-0.15, -0.1) is 0 Å². The lowest BCUT2D eigenvalue weighted by atomic mass is 9.33. The molecule has 0 atom stereocenters. The first-order valence-corrected chi connectivity index (χ1v) is 38.0.